The number of hydrogen-bond donors (Lipinski definition) is 2. The van der Waals surface area contributed by atoms with E-state index in [0.29, 0.717) is 12.6 Å². The van der Waals surface area contributed by atoms with E-state index < -0.39 is 5.97 Å². The highest BCUT2D eigenvalue weighted by Crippen LogP contribution is 2.18. The number of rotatable bonds is 6. The van der Waals surface area contributed by atoms with Crippen LogP contribution in [0.15, 0.2) is 0 Å². The fourth-order valence-corrected chi connectivity index (χ4v) is 2.40. The van der Waals surface area contributed by atoms with Crippen molar-refractivity contribution in [2.45, 2.75) is 64.5 Å². The molecule has 5 nitrogen and oxygen atoms in total. The number of aliphatic carboxylic acids is 1. The summed E-state index contributed by atoms with van der Waals surface area (Å²) < 4.78 is 0. The lowest BCUT2D eigenvalue weighted by molar-refractivity contribution is -0.138. The Morgan fingerprint density at radius 3 is 2.32 bits per heavy atom. The van der Waals surface area contributed by atoms with E-state index in [1.54, 1.807) is 0 Å². The number of carboxylic acids is 1. The van der Waals surface area contributed by atoms with Crippen molar-refractivity contribution >= 4 is 11.9 Å². The van der Waals surface area contributed by atoms with Gasteiger partial charge in [0, 0.05) is 18.1 Å². The van der Waals surface area contributed by atoms with Crippen LogP contribution in [0, 0.1) is 0 Å². The van der Waals surface area contributed by atoms with E-state index in [1.807, 2.05) is 25.7 Å². The Labute approximate surface area is 115 Å². The molecule has 5 heteroatoms. The van der Waals surface area contributed by atoms with E-state index in [2.05, 4.69) is 5.32 Å². The minimum atomic E-state index is -0.828. The fraction of sp³-hybridized carbons (Fsp3) is 0.857. The van der Waals surface area contributed by atoms with Crippen LogP contribution in [-0.2, 0) is 9.59 Å². The molecule has 19 heavy (non-hydrogen) atoms. The molecule has 0 spiro atoms. The highest BCUT2D eigenvalue weighted by molar-refractivity contribution is 5.78. The van der Waals surface area contributed by atoms with Crippen molar-refractivity contribution in [2.24, 2.45) is 0 Å². The van der Waals surface area contributed by atoms with Crippen LogP contribution in [0.2, 0.25) is 0 Å². The van der Waals surface area contributed by atoms with Crippen LogP contribution in [0.4, 0.5) is 0 Å². The molecule has 110 valence electrons. The van der Waals surface area contributed by atoms with E-state index in [9.17, 15) is 9.59 Å². The molecule has 0 aromatic rings. The molecule has 1 aliphatic carbocycles. The molecule has 0 saturated heterocycles. The van der Waals surface area contributed by atoms with Gasteiger partial charge in [0.15, 0.2) is 0 Å². The normalized spacial score (nSPS) is 16.8. The second-order valence-electron chi connectivity index (χ2n) is 6.29. The zero-order valence-corrected chi connectivity index (χ0v) is 12.2. The lowest BCUT2D eigenvalue weighted by Crippen LogP contribution is -2.49. The van der Waals surface area contributed by atoms with E-state index in [0.717, 1.165) is 12.8 Å². The number of amides is 1. The minimum Gasteiger partial charge on any atom is -0.481 e. The second kappa shape index (κ2) is 6.89. The maximum atomic E-state index is 12.0. The van der Waals surface area contributed by atoms with Gasteiger partial charge in [-0.3, -0.25) is 14.5 Å². The standard InChI is InChI=1S/C14H26N2O3/c1-14(2,3)16(9-8-13(18)19)10-12(17)15-11-6-4-5-7-11/h11H,4-10H2,1-3H3,(H,15,17)(H,18,19). The van der Waals surface area contributed by atoms with Gasteiger partial charge in [-0.15, -0.1) is 0 Å². The Balaban J connectivity index is 2.46. The van der Waals surface area contributed by atoms with Gasteiger partial charge in [-0.1, -0.05) is 12.8 Å². The maximum absolute atomic E-state index is 12.0. The van der Waals surface area contributed by atoms with Crippen LogP contribution in [0.1, 0.15) is 52.9 Å². The molecule has 1 fully saturated rings. The van der Waals surface area contributed by atoms with Gasteiger partial charge in [-0.2, -0.15) is 0 Å². The first kappa shape index (κ1) is 16.0. The van der Waals surface area contributed by atoms with E-state index in [-0.39, 0.29) is 24.4 Å². The topological polar surface area (TPSA) is 69.6 Å². The third kappa shape index (κ3) is 6.05. The smallest absolute Gasteiger partial charge is 0.304 e. The number of carbonyl (C=O) groups excluding carboxylic acids is 1. The van der Waals surface area contributed by atoms with Crippen LogP contribution >= 0.6 is 0 Å². The molecule has 1 aliphatic rings. The molecule has 0 aromatic heterocycles. The van der Waals surface area contributed by atoms with Crippen LogP contribution in [0.5, 0.6) is 0 Å². The molecule has 1 rings (SSSR count). The van der Waals surface area contributed by atoms with Crippen molar-refractivity contribution in [3.05, 3.63) is 0 Å². The third-order valence-corrected chi connectivity index (χ3v) is 3.60. The van der Waals surface area contributed by atoms with Crippen LogP contribution in [-0.4, -0.2) is 46.6 Å². The molecule has 0 heterocycles. The van der Waals surface area contributed by atoms with Gasteiger partial charge in [0.25, 0.3) is 0 Å². The summed E-state index contributed by atoms with van der Waals surface area (Å²) in [4.78, 5) is 24.6. The largest absolute Gasteiger partial charge is 0.481 e. The van der Waals surface area contributed by atoms with E-state index in [4.69, 9.17) is 5.11 Å². The molecule has 0 atom stereocenters. The predicted molar refractivity (Wildman–Crippen MR) is 74.0 cm³/mol. The lowest BCUT2D eigenvalue weighted by atomic mass is 10.1. The number of carbonyl (C=O) groups is 2. The van der Waals surface area contributed by atoms with Gasteiger partial charge in [0.2, 0.25) is 5.91 Å². The molecule has 1 amide bonds. The van der Waals surface area contributed by atoms with Crippen molar-refractivity contribution in [1.29, 1.82) is 0 Å². The number of hydrogen-bond acceptors (Lipinski definition) is 3. The fourth-order valence-electron chi connectivity index (χ4n) is 2.40. The molecule has 0 radical (unpaired) electrons. The van der Waals surface area contributed by atoms with Crippen molar-refractivity contribution in [3.63, 3.8) is 0 Å². The monoisotopic (exact) mass is 270 g/mol. The molecule has 0 aliphatic heterocycles. The summed E-state index contributed by atoms with van der Waals surface area (Å²) in [5.74, 6) is -0.822. The second-order valence-corrected chi connectivity index (χ2v) is 6.29. The zero-order valence-electron chi connectivity index (χ0n) is 12.2. The average molecular weight is 270 g/mol. The molecular formula is C14H26N2O3. The van der Waals surface area contributed by atoms with Crippen molar-refractivity contribution in [1.82, 2.24) is 10.2 Å². The molecule has 1 saturated carbocycles. The molecule has 0 bridgehead atoms. The predicted octanol–water partition coefficient (Wildman–Crippen LogP) is 1.62. The summed E-state index contributed by atoms with van der Waals surface area (Å²) in [6.07, 6.45) is 4.57. The summed E-state index contributed by atoms with van der Waals surface area (Å²) in [5.41, 5.74) is -0.206. The van der Waals surface area contributed by atoms with Gasteiger partial charge in [0.05, 0.1) is 13.0 Å². The molecule has 0 aromatic carbocycles. The summed E-state index contributed by atoms with van der Waals surface area (Å²) >= 11 is 0. The van der Waals surface area contributed by atoms with Gasteiger partial charge in [-0.25, -0.2) is 0 Å². The van der Waals surface area contributed by atoms with Crippen molar-refractivity contribution in [3.8, 4) is 0 Å². The molecule has 0 unspecified atom stereocenters. The maximum Gasteiger partial charge on any atom is 0.304 e. The molecule has 2 N–H and O–H groups in total. The zero-order chi connectivity index (χ0) is 14.5. The first-order valence-electron chi connectivity index (χ1n) is 7.05. The first-order valence-corrected chi connectivity index (χ1v) is 7.05. The molecular weight excluding hydrogens is 244 g/mol. The lowest BCUT2D eigenvalue weighted by Gasteiger charge is -2.35. The third-order valence-electron chi connectivity index (χ3n) is 3.60. The Bertz CT molecular complexity index is 317. The van der Waals surface area contributed by atoms with Crippen LogP contribution in [0.3, 0.4) is 0 Å². The van der Waals surface area contributed by atoms with E-state index >= 15 is 0 Å². The SMILES string of the molecule is CC(C)(C)N(CCC(=O)O)CC(=O)NC1CCCC1. The Hall–Kier alpha value is -1.10. The first-order chi connectivity index (χ1) is 8.79. The Morgan fingerprint density at radius 2 is 1.84 bits per heavy atom. The van der Waals surface area contributed by atoms with Gasteiger partial charge >= 0.3 is 5.97 Å². The summed E-state index contributed by atoms with van der Waals surface area (Å²) in [6, 6.07) is 0.314. The quantitative estimate of drug-likeness (QED) is 0.769. The number of carboxylic acid groups (broad SMARTS) is 1. The van der Waals surface area contributed by atoms with Crippen molar-refractivity contribution < 1.29 is 14.7 Å². The van der Waals surface area contributed by atoms with Gasteiger partial charge in [-0.05, 0) is 33.6 Å². The summed E-state index contributed by atoms with van der Waals surface area (Å²) in [7, 11) is 0. The van der Waals surface area contributed by atoms with Gasteiger partial charge in [0.1, 0.15) is 0 Å². The van der Waals surface area contributed by atoms with E-state index in [1.165, 1.54) is 12.8 Å². The van der Waals surface area contributed by atoms with Crippen molar-refractivity contribution in [2.75, 3.05) is 13.1 Å². The number of nitrogens with zero attached hydrogens (tertiary/aromatic N) is 1. The Kier molecular flexibility index (Phi) is 5.79. The highest BCUT2D eigenvalue weighted by atomic mass is 16.4. The van der Waals surface area contributed by atoms with Crippen LogP contribution in [0.25, 0.3) is 0 Å². The highest BCUT2D eigenvalue weighted by Gasteiger charge is 2.25. The summed E-state index contributed by atoms with van der Waals surface area (Å²) in [5, 5.41) is 11.8. The average Bonchev–Trinajstić information content (AvgIpc) is 2.74. The number of nitrogens with one attached hydrogen (secondary N) is 1. The van der Waals surface area contributed by atoms with Gasteiger partial charge < -0.3 is 10.4 Å². The Morgan fingerprint density at radius 1 is 1.26 bits per heavy atom. The minimum absolute atomic E-state index is 0.00668. The van der Waals surface area contributed by atoms with Crippen LogP contribution < -0.4 is 5.32 Å². The summed E-state index contributed by atoms with van der Waals surface area (Å²) in [6.45, 7) is 6.66.